The molecule has 0 spiro atoms. The summed E-state index contributed by atoms with van der Waals surface area (Å²) in [4.78, 5) is 33.7. The first-order valence-corrected chi connectivity index (χ1v) is 6.40. The van der Waals surface area contributed by atoms with Crippen molar-refractivity contribution in [2.24, 2.45) is 11.7 Å². The number of nitrogens with two attached hydrogens (primary N) is 1. The molecule has 6 nitrogen and oxygen atoms in total. The summed E-state index contributed by atoms with van der Waals surface area (Å²) >= 11 is 0. The minimum atomic E-state index is -0.824. The second-order valence-corrected chi connectivity index (χ2v) is 5.03. The third kappa shape index (κ3) is 2.96. The van der Waals surface area contributed by atoms with Crippen molar-refractivity contribution in [3.63, 3.8) is 0 Å². The fourth-order valence-electron chi connectivity index (χ4n) is 2.43. The normalized spacial score (nSPS) is 18.6. The lowest BCUT2D eigenvalue weighted by Crippen LogP contribution is -2.44. The van der Waals surface area contributed by atoms with Crippen LogP contribution in [0.3, 0.4) is 0 Å². The molecule has 1 heterocycles. The zero-order valence-corrected chi connectivity index (χ0v) is 11.2. The maximum atomic E-state index is 12.0. The first kappa shape index (κ1) is 14.0. The maximum absolute atomic E-state index is 12.0. The third-order valence-corrected chi connectivity index (χ3v) is 3.49. The van der Waals surface area contributed by atoms with Gasteiger partial charge in [0.15, 0.2) is 0 Å². The maximum Gasteiger partial charge on any atom is 0.240 e. The van der Waals surface area contributed by atoms with Crippen molar-refractivity contribution in [3.05, 3.63) is 29.3 Å². The van der Waals surface area contributed by atoms with Crippen LogP contribution in [-0.2, 0) is 20.8 Å². The molecule has 4 N–H and O–H groups in total. The van der Waals surface area contributed by atoms with Gasteiger partial charge in [-0.1, -0.05) is 17.7 Å². The first-order chi connectivity index (χ1) is 9.51. The Morgan fingerprint density at radius 2 is 2.35 bits per heavy atom. The molecule has 106 valence electrons. The summed E-state index contributed by atoms with van der Waals surface area (Å²) < 4.78 is 0. The molecule has 0 aromatic heterocycles. The summed E-state index contributed by atoms with van der Waals surface area (Å²) in [5.74, 6) is -1.17. The minimum Gasteiger partial charge on any atom is -0.368 e. The van der Waals surface area contributed by atoms with E-state index in [0.29, 0.717) is 12.8 Å². The number of fused-ring (bicyclic) bond motifs is 1. The van der Waals surface area contributed by atoms with Gasteiger partial charge in [0.05, 0.1) is 0 Å². The SMILES string of the molecule is Cc1ccc2c(c1)CC(CC(NC=O)C(N)=O)C(=O)N2. The molecule has 2 atom stereocenters. The second-order valence-electron chi connectivity index (χ2n) is 5.03. The van der Waals surface area contributed by atoms with Crippen LogP contribution in [0.4, 0.5) is 5.69 Å². The molecule has 1 aliphatic heterocycles. The Morgan fingerprint density at radius 1 is 1.60 bits per heavy atom. The predicted octanol–water partition coefficient (Wildman–Crippen LogP) is 0.0958. The molecule has 1 aliphatic rings. The lowest BCUT2D eigenvalue weighted by Gasteiger charge is -2.27. The van der Waals surface area contributed by atoms with E-state index in [-0.39, 0.29) is 18.2 Å². The number of rotatable bonds is 5. The number of aryl methyl sites for hydroxylation is 1. The van der Waals surface area contributed by atoms with Crippen molar-refractivity contribution < 1.29 is 14.4 Å². The van der Waals surface area contributed by atoms with Crippen molar-refractivity contribution in [2.75, 3.05) is 5.32 Å². The number of carbonyl (C=O) groups excluding carboxylic acids is 3. The van der Waals surface area contributed by atoms with E-state index in [0.717, 1.165) is 16.8 Å². The average molecular weight is 275 g/mol. The highest BCUT2D eigenvalue weighted by molar-refractivity contribution is 5.96. The van der Waals surface area contributed by atoms with Crippen LogP contribution in [0.1, 0.15) is 17.5 Å². The summed E-state index contributed by atoms with van der Waals surface area (Å²) in [6, 6.07) is 4.98. The number of amides is 3. The van der Waals surface area contributed by atoms with Crippen molar-refractivity contribution in [3.8, 4) is 0 Å². The number of primary amides is 1. The van der Waals surface area contributed by atoms with E-state index in [9.17, 15) is 14.4 Å². The Kier molecular flexibility index (Phi) is 4.02. The molecule has 6 heteroatoms. The summed E-state index contributed by atoms with van der Waals surface area (Å²) in [6.45, 7) is 1.98. The molecule has 0 saturated heterocycles. The highest BCUT2D eigenvalue weighted by Gasteiger charge is 2.30. The molecule has 2 unspecified atom stereocenters. The van der Waals surface area contributed by atoms with Crippen LogP contribution < -0.4 is 16.4 Å². The molecular formula is C14H17N3O3. The standard InChI is InChI=1S/C14H17N3O3/c1-8-2-3-11-9(4-8)5-10(14(20)17-11)6-12(13(15)19)16-7-18/h2-4,7,10,12H,5-6H2,1H3,(H2,15,19)(H,16,18)(H,17,20). The van der Waals surface area contributed by atoms with Crippen LogP contribution in [-0.4, -0.2) is 24.3 Å². The van der Waals surface area contributed by atoms with Gasteiger partial charge in [0.1, 0.15) is 6.04 Å². The van der Waals surface area contributed by atoms with Crippen LogP contribution in [0.2, 0.25) is 0 Å². The molecule has 0 saturated carbocycles. The molecule has 0 bridgehead atoms. The van der Waals surface area contributed by atoms with Gasteiger partial charge in [-0.15, -0.1) is 0 Å². The Labute approximate surface area is 116 Å². The highest BCUT2D eigenvalue weighted by Crippen LogP contribution is 2.28. The van der Waals surface area contributed by atoms with Crippen LogP contribution >= 0.6 is 0 Å². The first-order valence-electron chi connectivity index (χ1n) is 6.40. The molecule has 1 aromatic rings. The molecule has 0 aliphatic carbocycles. The lowest BCUT2D eigenvalue weighted by molar-refractivity contribution is -0.125. The van der Waals surface area contributed by atoms with Gasteiger partial charge >= 0.3 is 0 Å². The monoisotopic (exact) mass is 275 g/mol. The number of anilines is 1. The van der Waals surface area contributed by atoms with Gasteiger partial charge in [0.25, 0.3) is 0 Å². The van der Waals surface area contributed by atoms with Crippen molar-refractivity contribution >= 4 is 23.9 Å². The fourth-order valence-corrected chi connectivity index (χ4v) is 2.43. The summed E-state index contributed by atoms with van der Waals surface area (Å²) in [7, 11) is 0. The van der Waals surface area contributed by atoms with Gasteiger partial charge in [-0.2, -0.15) is 0 Å². The molecular weight excluding hydrogens is 258 g/mol. The number of hydrogen-bond acceptors (Lipinski definition) is 3. The Morgan fingerprint density at radius 3 is 3.00 bits per heavy atom. The van der Waals surface area contributed by atoms with Gasteiger partial charge in [-0.3, -0.25) is 14.4 Å². The van der Waals surface area contributed by atoms with E-state index in [1.165, 1.54) is 0 Å². The van der Waals surface area contributed by atoms with Gasteiger partial charge in [0, 0.05) is 11.6 Å². The van der Waals surface area contributed by atoms with E-state index < -0.39 is 11.9 Å². The largest absolute Gasteiger partial charge is 0.368 e. The van der Waals surface area contributed by atoms with Crippen molar-refractivity contribution in [2.45, 2.75) is 25.8 Å². The summed E-state index contributed by atoms with van der Waals surface area (Å²) in [6.07, 6.45) is 1.16. The quantitative estimate of drug-likeness (QED) is 0.664. The van der Waals surface area contributed by atoms with Crippen LogP contribution in [0.15, 0.2) is 18.2 Å². The smallest absolute Gasteiger partial charge is 0.240 e. The topological polar surface area (TPSA) is 101 Å². The number of carbonyl (C=O) groups is 3. The highest BCUT2D eigenvalue weighted by atomic mass is 16.2. The van der Waals surface area contributed by atoms with E-state index in [2.05, 4.69) is 10.6 Å². The molecule has 0 radical (unpaired) electrons. The lowest BCUT2D eigenvalue weighted by atomic mass is 9.87. The third-order valence-electron chi connectivity index (χ3n) is 3.49. The second kappa shape index (κ2) is 5.73. The predicted molar refractivity (Wildman–Crippen MR) is 73.8 cm³/mol. The Bertz CT molecular complexity index is 557. The Balaban J connectivity index is 2.15. The Hall–Kier alpha value is -2.37. The molecule has 0 fully saturated rings. The fraction of sp³-hybridized carbons (Fsp3) is 0.357. The molecule has 20 heavy (non-hydrogen) atoms. The van der Waals surface area contributed by atoms with Crippen LogP contribution in [0, 0.1) is 12.8 Å². The summed E-state index contributed by atoms with van der Waals surface area (Å²) in [5.41, 5.74) is 8.15. The van der Waals surface area contributed by atoms with Gasteiger partial charge in [0.2, 0.25) is 18.2 Å². The van der Waals surface area contributed by atoms with Crippen molar-refractivity contribution in [1.82, 2.24) is 5.32 Å². The number of nitrogens with one attached hydrogen (secondary N) is 2. The van der Waals surface area contributed by atoms with Gasteiger partial charge < -0.3 is 16.4 Å². The molecule has 1 aromatic carbocycles. The van der Waals surface area contributed by atoms with E-state index in [4.69, 9.17) is 5.73 Å². The van der Waals surface area contributed by atoms with Crippen LogP contribution in [0.5, 0.6) is 0 Å². The number of hydrogen-bond donors (Lipinski definition) is 3. The average Bonchev–Trinajstić information content (AvgIpc) is 2.39. The van der Waals surface area contributed by atoms with Gasteiger partial charge in [-0.05, 0) is 31.4 Å². The van der Waals surface area contributed by atoms with E-state index in [1.54, 1.807) is 0 Å². The molecule has 3 amide bonds. The zero-order valence-electron chi connectivity index (χ0n) is 11.2. The molecule has 2 rings (SSSR count). The van der Waals surface area contributed by atoms with Crippen LogP contribution in [0.25, 0.3) is 0 Å². The van der Waals surface area contributed by atoms with Crippen molar-refractivity contribution in [1.29, 1.82) is 0 Å². The zero-order chi connectivity index (χ0) is 14.7. The minimum absolute atomic E-state index is 0.152. The summed E-state index contributed by atoms with van der Waals surface area (Å²) in [5, 5.41) is 5.17. The van der Waals surface area contributed by atoms with E-state index in [1.807, 2.05) is 25.1 Å². The van der Waals surface area contributed by atoms with E-state index >= 15 is 0 Å². The number of benzene rings is 1. The van der Waals surface area contributed by atoms with Gasteiger partial charge in [-0.25, -0.2) is 0 Å².